The lowest BCUT2D eigenvalue weighted by atomic mass is 9.95. The highest BCUT2D eigenvalue weighted by Gasteiger charge is 2.14. The largest absolute Gasteiger partial charge is 0.351 e. The van der Waals surface area contributed by atoms with Crippen molar-refractivity contribution in [1.29, 1.82) is 0 Å². The van der Waals surface area contributed by atoms with E-state index in [9.17, 15) is 9.18 Å². The SMILES string of the molecule is O=C(N/N=C\c1ccn(C2CCCCC2)c1)c1ccccc1F. The third-order valence-electron chi connectivity index (χ3n) is 4.23. The molecule has 0 spiro atoms. The predicted octanol–water partition coefficient (Wildman–Crippen LogP) is 3.90. The molecule has 1 aromatic heterocycles. The van der Waals surface area contributed by atoms with Crippen LogP contribution in [0.15, 0.2) is 47.8 Å². The smallest absolute Gasteiger partial charge is 0.274 e. The van der Waals surface area contributed by atoms with Crippen molar-refractivity contribution in [2.45, 2.75) is 38.1 Å². The van der Waals surface area contributed by atoms with Gasteiger partial charge in [0.2, 0.25) is 0 Å². The van der Waals surface area contributed by atoms with Gasteiger partial charge in [-0.2, -0.15) is 5.10 Å². The minimum absolute atomic E-state index is 0.00979. The zero-order chi connectivity index (χ0) is 16.1. The van der Waals surface area contributed by atoms with Gasteiger partial charge in [-0.1, -0.05) is 31.4 Å². The van der Waals surface area contributed by atoms with Gasteiger partial charge >= 0.3 is 0 Å². The van der Waals surface area contributed by atoms with Gasteiger partial charge in [0, 0.05) is 24.0 Å². The first kappa shape index (κ1) is 15.5. The molecule has 120 valence electrons. The summed E-state index contributed by atoms with van der Waals surface area (Å²) in [5, 5.41) is 3.91. The maximum atomic E-state index is 13.5. The number of rotatable bonds is 4. The van der Waals surface area contributed by atoms with Gasteiger partial charge < -0.3 is 4.57 Å². The van der Waals surface area contributed by atoms with Crippen LogP contribution >= 0.6 is 0 Å². The van der Waals surface area contributed by atoms with Crippen molar-refractivity contribution in [3.8, 4) is 0 Å². The number of nitrogens with zero attached hydrogens (tertiary/aromatic N) is 2. The summed E-state index contributed by atoms with van der Waals surface area (Å²) in [4.78, 5) is 11.8. The Labute approximate surface area is 135 Å². The molecule has 3 rings (SSSR count). The first-order chi connectivity index (χ1) is 11.2. The molecule has 0 aliphatic heterocycles. The Morgan fingerprint density at radius 3 is 2.78 bits per heavy atom. The van der Waals surface area contributed by atoms with Gasteiger partial charge in [0.05, 0.1) is 11.8 Å². The van der Waals surface area contributed by atoms with Crippen LogP contribution in [0.2, 0.25) is 0 Å². The molecule has 5 heteroatoms. The Hall–Kier alpha value is -2.43. The topological polar surface area (TPSA) is 46.4 Å². The van der Waals surface area contributed by atoms with E-state index >= 15 is 0 Å². The number of benzene rings is 1. The van der Waals surface area contributed by atoms with Crippen molar-refractivity contribution < 1.29 is 9.18 Å². The summed E-state index contributed by atoms with van der Waals surface area (Å²) in [5.41, 5.74) is 3.27. The minimum Gasteiger partial charge on any atom is -0.351 e. The van der Waals surface area contributed by atoms with Crippen molar-refractivity contribution in [2.75, 3.05) is 0 Å². The van der Waals surface area contributed by atoms with Crippen molar-refractivity contribution in [3.63, 3.8) is 0 Å². The fourth-order valence-corrected chi connectivity index (χ4v) is 2.98. The van der Waals surface area contributed by atoms with E-state index in [0.29, 0.717) is 6.04 Å². The molecule has 1 saturated carbocycles. The van der Waals surface area contributed by atoms with Crippen LogP contribution in [0.5, 0.6) is 0 Å². The second kappa shape index (κ2) is 7.22. The molecule has 1 aromatic carbocycles. The summed E-state index contributed by atoms with van der Waals surface area (Å²) in [6.07, 6.45) is 12.0. The summed E-state index contributed by atoms with van der Waals surface area (Å²) in [6.45, 7) is 0. The van der Waals surface area contributed by atoms with Gasteiger partial charge in [-0.05, 0) is 31.0 Å². The zero-order valence-electron chi connectivity index (χ0n) is 12.9. The number of hydrogen-bond donors (Lipinski definition) is 1. The van der Waals surface area contributed by atoms with Crippen molar-refractivity contribution in [1.82, 2.24) is 9.99 Å². The van der Waals surface area contributed by atoms with Crippen LogP contribution in [0.3, 0.4) is 0 Å². The summed E-state index contributed by atoms with van der Waals surface area (Å²) in [7, 11) is 0. The normalized spacial score (nSPS) is 15.9. The number of aromatic nitrogens is 1. The molecule has 1 fully saturated rings. The van der Waals surface area contributed by atoms with E-state index in [1.54, 1.807) is 18.3 Å². The van der Waals surface area contributed by atoms with Crippen LogP contribution in [0.4, 0.5) is 4.39 Å². The summed E-state index contributed by atoms with van der Waals surface area (Å²) < 4.78 is 15.7. The van der Waals surface area contributed by atoms with E-state index in [4.69, 9.17) is 0 Å². The number of hydrogen-bond acceptors (Lipinski definition) is 2. The molecule has 4 nitrogen and oxygen atoms in total. The molecule has 23 heavy (non-hydrogen) atoms. The van der Waals surface area contributed by atoms with Crippen LogP contribution in [0.1, 0.15) is 54.1 Å². The summed E-state index contributed by atoms with van der Waals surface area (Å²) >= 11 is 0. The standard InChI is InChI=1S/C18H20FN3O/c19-17-9-5-4-8-16(17)18(23)21-20-12-14-10-11-22(13-14)15-6-2-1-3-7-15/h4-5,8-13,15H,1-3,6-7H2,(H,21,23)/b20-12-. The van der Waals surface area contributed by atoms with Crippen LogP contribution in [-0.2, 0) is 0 Å². The highest BCUT2D eigenvalue weighted by atomic mass is 19.1. The average molecular weight is 313 g/mol. The fraction of sp³-hybridized carbons (Fsp3) is 0.333. The van der Waals surface area contributed by atoms with Crippen molar-refractivity contribution >= 4 is 12.1 Å². The van der Waals surface area contributed by atoms with Crippen LogP contribution < -0.4 is 5.43 Å². The Morgan fingerprint density at radius 2 is 2.00 bits per heavy atom. The number of hydrazone groups is 1. The van der Waals surface area contributed by atoms with Gasteiger partial charge in [-0.25, -0.2) is 9.82 Å². The second-order valence-electron chi connectivity index (χ2n) is 5.86. The molecule has 0 unspecified atom stereocenters. The maximum Gasteiger partial charge on any atom is 0.274 e. The molecule has 1 heterocycles. The van der Waals surface area contributed by atoms with Crippen LogP contribution in [0, 0.1) is 5.82 Å². The molecule has 1 aliphatic carbocycles. The molecule has 0 bridgehead atoms. The van der Waals surface area contributed by atoms with E-state index in [2.05, 4.69) is 21.3 Å². The highest BCUT2D eigenvalue weighted by Crippen LogP contribution is 2.28. The second-order valence-corrected chi connectivity index (χ2v) is 5.86. The highest BCUT2D eigenvalue weighted by molar-refractivity contribution is 5.95. The van der Waals surface area contributed by atoms with Crippen molar-refractivity contribution in [3.05, 3.63) is 59.7 Å². The third kappa shape index (κ3) is 3.86. The number of carbonyl (C=O) groups excluding carboxylic acids is 1. The fourth-order valence-electron chi connectivity index (χ4n) is 2.98. The average Bonchev–Trinajstić information content (AvgIpc) is 3.05. The molecule has 2 aromatic rings. The van der Waals surface area contributed by atoms with Crippen LogP contribution in [-0.4, -0.2) is 16.7 Å². The molecular weight excluding hydrogens is 293 g/mol. The number of carbonyl (C=O) groups is 1. The number of amides is 1. The quantitative estimate of drug-likeness (QED) is 0.675. The van der Waals surface area contributed by atoms with Gasteiger partial charge in [0.15, 0.2) is 0 Å². The first-order valence-corrected chi connectivity index (χ1v) is 7.99. The van der Waals surface area contributed by atoms with Gasteiger partial charge in [0.1, 0.15) is 5.82 Å². The number of halogens is 1. The lowest BCUT2D eigenvalue weighted by molar-refractivity contribution is 0.0951. The Bertz CT molecular complexity index is 702. The Balaban J connectivity index is 1.59. The number of nitrogens with one attached hydrogen (secondary N) is 1. The van der Waals surface area contributed by atoms with Gasteiger partial charge in [-0.15, -0.1) is 0 Å². The van der Waals surface area contributed by atoms with Crippen molar-refractivity contribution in [2.24, 2.45) is 5.10 Å². The minimum atomic E-state index is -0.552. The monoisotopic (exact) mass is 313 g/mol. The molecule has 1 aliphatic rings. The molecule has 0 atom stereocenters. The zero-order valence-corrected chi connectivity index (χ0v) is 12.9. The van der Waals surface area contributed by atoms with E-state index in [1.165, 1.54) is 44.2 Å². The lowest BCUT2D eigenvalue weighted by Gasteiger charge is -2.23. The molecular formula is C18H20FN3O. The van der Waals surface area contributed by atoms with E-state index in [-0.39, 0.29) is 5.56 Å². The van der Waals surface area contributed by atoms with Crippen LogP contribution in [0.25, 0.3) is 0 Å². The maximum absolute atomic E-state index is 13.5. The third-order valence-corrected chi connectivity index (χ3v) is 4.23. The first-order valence-electron chi connectivity index (χ1n) is 7.99. The van der Waals surface area contributed by atoms with Gasteiger partial charge in [0.25, 0.3) is 5.91 Å². The summed E-state index contributed by atoms with van der Waals surface area (Å²) in [6, 6.07) is 8.38. The van der Waals surface area contributed by atoms with E-state index in [0.717, 1.165) is 5.56 Å². The predicted molar refractivity (Wildman–Crippen MR) is 88.0 cm³/mol. The lowest BCUT2D eigenvalue weighted by Crippen LogP contribution is -2.18. The van der Waals surface area contributed by atoms with E-state index < -0.39 is 11.7 Å². The molecule has 1 amide bonds. The summed E-state index contributed by atoms with van der Waals surface area (Å²) in [5.74, 6) is -1.10. The molecule has 0 saturated heterocycles. The molecule has 0 radical (unpaired) electrons. The van der Waals surface area contributed by atoms with Gasteiger partial charge in [-0.3, -0.25) is 4.79 Å². The Kier molecular flexibility index (Phi) is 4.86. The van der Waals surface area contributed by atoms with E-state index in [1.807, 2.05) is 12.3 Å². The Morgan fingerprint density at radius 1 is 1.22 bits per heavy atom. The molecule has 1 N–H and O–H groups in total.